The summed E-state index contributed by atoms with van der Waals surface area (Å²) in [6.07, 6.45) is -0.288. The molecule has 1 aliphatic heterocycles. The van der Waals surface area contributed by atoms with Crippen molar-refractivity contribution in [2.24, 2.45) is 0 Å². The average Bonchev–Trinajstić information content (AvgIpc) is 2.27. The number of rotatable bonds is 3. The van der Waals surface area contributed by atoms with Crippen molar-refractivity contribution >= 4 is 21.2 Å². The van der Waals surface area contributed by atoms with E-state index in [1.54, 1.807) is 0 Å². The maximum absolute atomic E-state index is 11.2. The predicted octanol–water partition coefficient (Wildman–Crippen LogP) is 2.87. The van der Waals surface area contributed by atoms with Gasteiger partial charge in [0.1, 0.15) is 0 Å². The van der Waals surface area contributed by atoms with Crippen molar-refractivity contribution in [1.82, 2.24) is 0 Å². The highest BCUT2D eigenvalue weighted by Gasteiger charge is 2.30. The molecule has 0 amide bonds. The van der Waals surface area contributed by atoms with Gasteiger partial charge in [0, 0.05) is 40.9 Å². The Labute approximate surface area is 120 Å². The zero-order chi connectivity index (χ0) is 15.1. The van der Waals surface area contributed by atoms with E-state index >= 15 is 0 Å². The lowest BCUT2D eigenvalue weighted by Gasteiger charge is -2.26. The summed E-state index contributed by atoms with van der Waals surface area (Å²) in [7, 11) is -2.93. The third kappa shape index (κ3) is 10.5. The highest BCUT2D eigenvalue weighted by molar-refractivity contribution is 7.53. The molecule has 0 N–H and O–H groups in total. The van der Waals surface area contributed by atoms with Gasteiger partial charge < -0.3 is 18.3 Å². The van der Waals surface area contributed by atoms with E-state index in [1.807, 2.05) is 0 Å². The molecule has 0 aliphatic carbocycles. The predicted molar refractivity (Wildman–Crippen MR) is 75.0 cm³/mol. The number of ether oxygens (including phenoxy) is 1. The molecule has 8 nitrogen and oxygen atoms in total. The van der Waals surface area contributed by atoms with Gasteiger partial charge in [0.15, 0.2) is 0 Å². The number of carbonyl (C=O) groups is 1. The van der Waals surface area contributed by atoms with E-state index in [0.717, 1.165) is 0 Å². The molecular weight excluding hydrogens is 310 g/mol. The molecule has 0 aromatic carbocycles. The van der Waals surface area contributed by atoms with Crippen LogP contribution >= 0.6 is 15.2 Å². The summed E-state index contributed by atoms with van der Waals surface area (Å²) in [5, 5.41) is 0. The van der Waals surface area contributed by atoms with Crippen molar-refractivity contribution < 1.29 is 36.8 Å². The molecule has 0 aromatic rings. The Balaban J connectivity index is 0. The molecule has 122 valence electrons. The van der Waals surface area contributed by atoms with E-state index < -0.39 is 27.5 Å². The molecule has 0 saturated carbocycles. The lowest BCUT2D eigenvalue weighted by Crippen LogP contribution is -2.24. The second-order valence-corrected chi connectivity index (χ2v) is 7.96. The summed E-state index contributed by atoms with van der Waals surface area (Å²) in [6, 6.07) is 0. The topological polar surface area (TPSA) is 97.4 Å². The Kier molecular flexibility index (Phi) is 10.7. The Hall–Kier alpha value is -0.230. The Morgan fingerprint density at radius 3 is 2.15 bits per heavy atom. The molecule has 1 rings (SSSR count). The molecule has 20 heavy (non-hydrogen) atoms. The third-order valence-electron chi connectivity index (χ3n) is 1.95. The maximum atomic E-state index is 11.2. The first-order valence-electron chi connectivity index (χ1n) is 5.38. The van der Waals surface area contributed by atoms with Crippen LogP contribution in [0, 0.1) is 0 Å². The van der Waals surface area contributed by atoms with Crippen molar-refractivity contribution in [2.75, 3.05) is 34.2 Å². The highest BCUT2D eigenvalue weighted by Crippen LogP contribution is 2.48. The van der Waals surface area contributed by atoms with Crippen molar-refractivity contribution in [3.05, 3.63) is 0 Å². The van der Waals surface area contributed by atoms with Gasteiger partial charge >= 0.3 is 21.2 Å². The van der Waals surface area contributed by atoms with Gasteiger partial charge in [0.2, 0.25) is 6.29 Å². The van der Waals surface area contributed by atoms with Crippen LogP contribution in [0.4, 0.5) is 0 Å². The first-order valence-corrected chi connectivity index (χ1v) is 9.36. The molecule has 10 heteroatoms. The first kappa shape index (κ1) is 22.1. The summed E-state index contributed by atoms with van der Waals surface area (Å²) < 4.78 is 44.9. The molecule has 1 heterocycles. The fourth-order valence-electron chi connectivity index (χ4n) is 0.952. The SMILES string of the molecule is C.CC(=O)OC1CCOP(C)(=O)O1.COP(C)(=O)OC. The molecule has 2 unspecified atom stereocenters. The Morgan fingerprint density at radius 1 is 1.35 bits per heavy atom. The molecule has 2 atom stereocenters. The van der Waals surface area contributed by atoms with Crippen LogP contribution in [0.15, 0.2) is 0 Å². The zero-order valence-corrected chi connectivity index (χ0v) is 13.4. The number of esters is 1. The number of hydrogen-bond acceptors (Lipinski definition) is 8. The first-order chi connectivity index (χ1) is 8.62. The van der Waals surface area contributed by atoms with Gasteiger partial charge in [-0.05, 0) is 0 Å². The van der Waals surface area contributed by atoms with Crippen LogP contribution in [0.2, 0.25) is 0 Å². The van der Waals surface area contributed by atoms with Gasteiger partial charge in [-0.1, -0.05) is 7.43 Å². The molecule has 1 aliphatic rings. The molecule has 0 bridgehead atoms. The molecular formula is C10H24O8P2. The van der Waals surface area contributed by atoms with E-state index in [2.05, 4.69) is 9.05 Å². The van der Waals surface area contributed by atoms with Gasteiger partial charge in [-0.25, -0.2) is 0 Å². The van der Waals surface area contributed by atoms with Gasteiger partial charge in [-0.15, -0.1) is 0 Å². The van der Waals surface area contributed by atoms with Crippen LogP contribution in [-0.4, -0.2) is 46.4 Å². The Bertz CT molecular complexity index is 375. The molecule has 1 saturated heterocycles. The fraction of sp³-hybridized carbons (Fsp3) is 0.900. The van der Waals surface area contributed by atoms with Crippen LogP contribution in [0.3, 0.4) is 0 Å². The van der Waals surface area contributed by atoms with E-state index in [1.165, 1.54) is 34.5 Å². The zero-order valence-electron chi connectivity index (χ0n) is 11.7. The molecule has 1 fully saturated rings. The lowest BCUT2D eigenvalue weighted by atomic mass is 10.4. The maximum Gasteiger partial charge on any atom is 0.330 e. The standard InChI is InChI=1S/C6H11O5P.C3H9O3P.CH4/c1-5(7)10-6-3-4-9-12(2,8)11-6;1-5-7(3,4)6-2;/h6H,3-4H2,1-2H3;1-3H3;1H4. The van der Waals surface area contributed by atoms with Crippen LogP contribution in [-0.2, 0) is 36.8 Å². The summed E-state index contributed by atoms with van der Waals surface area (Å²) >= 11 is 0. The minimum atomic E-state index is -2.98. The number of carbonyl (C=O) groups excluding carboxylic acids is 1. The minimum Gasteiger partial charge on any atom is -0.435 e. The van der Waals surface area contributed by atoms with Gasteiger partial charge in [-0.2, -0.15) is 0 Å². The summed E-state index contributed by atoms with van der Waals surface area (Å²) in [5.41, 5.74) is 0. The van der Waals surface area contributed by atoms with E-state index in [4.69, 9.17) is 13.8 Å². The van der Waals surface area contributed by atoms with Crippen molar-refractivity contribution in [1.29, 1.82) is 0 Å². The van der Waals surface area contributed by atoms with Gasteiger partial charge in [0.05, 0.1) is 6.61 Å². The summed E-state index contributed by atoms with van der Waals surface area (Å²) in [4.78, 5) is 10.5. The van der Waals surface area contributed by atoms with Crippen molar-refractivity contribution in [2.45, 2.75) is 27.1 Å². The second kappa shape index (κ2) is 9.66. The second-order valence-electron chi connectivity index (χ2n) is 3.67. The van der Waals surface area contributed by atoms with Crippen molar-refractivity contribution in [3.63, 3.8) is 0 Å². The van der Waals surface area contributed by atoms with Gasteiger partial charge in [0.25, 0.3) is 0 Å². The summed E-state index contributed by atoms with van der Waals surface area (Å²) in [5.74, 6) is -0.443. The molecule has 0 spiro atoms. The van der Waals surface area contributed by atoms with Crippen LogP contribution in [0.5, 0.6) is 0 Å². The van der Waals surface area contributed by atoms with Crippen molar-refractivity contribution in [3.8, 4) is 0 Å². The minimum absolute atomic E-state index is 0. The van der Waals surface area contributed by atoms with Crippen LogP contribution in [0.25, 0.3) is 0 Å². The molecule has 0 aromatic heterocycles. The molecule has 0 radical (unpaired) electrons. The van der Waals surface area contributed by atoms with E-state index in [9.17, 15) is 13.9 Å². The largest absolute Gasteiger partial charge is 0.435 e. The third-order valence-corrected chi connectivity index (χ3v) is 4.55. The van der Waals surface area contributed by atoms with E-state index in [-0.39, 0.29) is 7.43 Å². The normalized spacial score (nSPS) is 25.8. The summed E-state index contributed by atoms with van der Waals surface area (Å²) in [6.45, 7) is 4.33. The fourth-order valence-corrected chi connectivity index (χ4v) is 2.17. The quantitative estimate of drug-likeness (QED) is 0.574. The number of hydrogen-bond donors (Lipinski definition) is 0. The lowest BCUT2D eigenvalue weighted by molar-refractivity contribution is -0.166. The van der Waals surface area contributed by atoms with Crippen LogP contribution in [0.1, 0.15) is 20.8 Å². The Morgan fingerprint density at radius 2 is 1.85 bits per heavy atom. The van der Waals surface area contributed by atoms with E-state index in [0.29, 0.717) is 13.0 Å². The monoisotopic (exact) mass is 334 g/mol. The van der Waals surface area contributed by atoms with Gasteiger partial charge in [-0.3, -0.25) is 18.4 Å². The average molecular weight is 334 g/mol. The highest BCUT2D eigenvalue weighted by atomic mass is 31.2. The smallest absolute Gasteiger partial charge is 0.330 e. The van der Waals surface area contributed by atoms with Crippen LogP contribution < -0.4 is 0 Å².